The zero-order valence-corrected chi connectivity index (χ0v) is 21.3. The van der Waals surface area contributed by atoms with Gasteiger partial charge in [-0.05, 0) is 60.4 Å². The Hall–Kier alpha value is -2.99. The Morgan fingerprint density at radius 3 is 2.21 bits per heavy atom. The van der Waals surface area contributed by atoms with Gasteiger partial charge in [-0.3, -0.25) is 0 Å². The van der Waals surface area contributed by atoms with Gasteiger partial charge in [0.1, 0.15) is 5.37 Å². The Bertz CT molecular complexity index is 1300. The standard InChI is InChI=1S/C28H31NO4S/c1-29-25-19(17-13-14-21(30-2)26(32-4)24(17)28(29)34)12-11-18-20(25)15-22(31-3)27(33-5)23(18)16-9-7-6-8-10-16/h9,11-15,28,34H,6-8,10H2,1-5H3. The summed E-state index contributed by atoms with van der Waals surface area (Å²) in [5.41, 5.74) is 6.83. The van der Waals surface area contributed by atoms with Gasteiger partial charge >= 0.3 is 0 Å². The molecule has 6 heteroatoms. The highest BCUT2D eigenvalue weighted by Crippen LogP contribution is 2.55. The minimum atomic E-state index is -0.205. The SMILES string of the molecule is COc1ccc2c(c1OC)C(S)N(C)c1c-2ccc2c(C3=CCCCC3)c(OC)c(OC)cc12. The van der Waals surface area contributed by atoms with Gasteiger partial charge in [0.15, 0.2) is 23.0 Å². The first-order valence-electron chi connectivity index (χ1n) is 11.6. The summed E-state index contributed by atoms with van der Waals surface area (Å²) >= 11 is 5.03. The predicted molar refractivity (Wildman–Crippen MR) is 142 cm³/mol. The van der Waals surface area contributed by atoms with Crippen molar-refractivity contribution in [2.75, 3.05) is 40.4 Å². The summed E-state index contributed by atoms with van der Waals surface area (Å²) in [6.07, 6.45) is 6.91. The molecule has 3 aromatic rings. The molecule has 0 N–H and O–H groups in total. The molecule has 3 aromatic carbocycles. The third-order valence-corrected chi connectivity index (χ3v) is 7.71. The van der Waals surface area contributed by atoms with Gasteiger partial charge in [0.2, 0.25) is 0 Å². The Labute approximate surface area is 206 Å². The molecular weight excluding hydrogens is 446 g/mol. The fourth-order valence-electron chi connectivity index (χ4n) is 5.51. The van der Waals surface area contributed by atoms with Crippen LogP contribution < -0.4 is 23.8 Å². The first kappa shape index (κ1) is 22.8. The van der Waals surface area contributed by atoms with Gasteiger partial charge in [-0.2, -0.15) is 0 Å². The summed E-state index contributed by atoms with van der Waals surface area (Å²) in [6.45, 7) is 0. The summed E-state index contributed by atoms with van der Waals surface area (Å²) in [4.78, 5) is 2.20. The largest absolute Gasteiger partial charge is 0.493 e. The molecule has 34 heavy (non-hydrogen) atoms. The van der Waals surface area contributed by atoms with E-state index in [4.69, 9.17) is 31.6 Å². The van der Waals surface area contributed by atoms with Crippen LogP contribution in [0.15, 0.2) is 36.4 Å². The van der Waals surface area contributed by atoms with E-state index < -0.39 is 0 Å². The number of methoxy groups -OCH3 is 4. The van der Waals surface area contributed by atoms with E-state index in [1.807, 2.05) is 6.07 Å². The van der Waals surface area contributed by atoms with Crippen molar-refractivity contribution in [2.24, 2.45) is 0 Å². The lowest BCUT2D eigenvalue weighted by molar-refractivity contribution is 0.351. The molecule has 1 atom stereocenters. The van der Waals surface area contributed by atoms with Crippen LogP contribution in [-0.4, -0.2) is 35.5 Å². The second-order valence-corrected chi connectivity index (χ2v) is 9.26. The molecule has 0 bridgehead atoms. The van der Waals surface area contributed by atoms with E-state index in [0.29, 0.717) is 5.75 Å². The summed E-state index contributed by atoms with van der Waals surface area (Å²) in [5.74, 6) is 2.97. The number of hydrogen-bond donors (Lipinski definition) is 1. The molecule has 0 radical (unpaired) electrons. The van der Waals surface area contributed by atoms with Crippen LogP contribution >= 0.6 is 12.6 Å². The van der Waals surface area contributed by atoms with Gasteiger partial charge in [0.05, 0.1) is 34.1 Å². The van der Waals surface area contributed by atoms with Crippen LogP contribution in [-0.2, 0) is 0 Å². The summed E-state index contributed by atoms with van der Waals surface area (Å²) in [7, 11) is 8.84. The number of allylic oxidation sites excluding steroid dienone is 2. The van der Waals surface area contributed by atoms with Gasteiger partial charge in [-0.25, -0.2) is 0 Å². The zero-order chi connectivity index (χ0) is 24.0. The Balaban J connectivity index is 1.86. The van der Waals surface area contributed by atoms with Gasteiger partial charge in [0, 0.05) is 29.1 Å². The molecule has 5 rings (SSSR count). The number of rotatable bonds is 5. The van der Waals surface area contributed by atoms with Crippen molar-refractivity contribution < 1.29 is 18.9 Å². The molecule has 1 unspecified atom stereocenters. The van der Waals surface area contributed by atoms with Gasteiger partial charge in [-0.1, -0.05) is 18.2 Å². The van der Waals surface area contributed by atoms with E-state index in [0.717, 1.165) is 63.4 Å². The third-order valence-electron chi connectivity index (χ3n) is 7.10. The van der Waals surface area contributed by atoms with Gasteiger partial charge in [0.25, 0.3) is 0 Å². The number of benzene rings is 3. The van der Waals surface area contributed by atoms with Crippen molar-refractivity contribution in [2.45, 2.75) is 31.1 Å². The molecular formula is C28H31NO4S. The average Bonchev–Trinajstić information content (AvgIpc) is 2.89. The molecule has 0 aromatic heterocycles. The molecule has 0 saturated carbocycles. The monoisotopic (exact) mass is 477 g/mol. The van der Waals surface area contributed by atoms with E-state index in [1.165, 1.54) is 23.8 Å². The van der Waals surface area contributed by atoms with E-state index in [9.17, 15) is 0 Å². The normalized spacial score (nSPS) is 17.1. The minimum absolute atomic E-state index is 0.205. The summed E-state index contributed by atoms with van der Waals surface area (Å²) < 4.78 is 23.1. The lowest BCUT2D eigenvalue weighted by Gasteiger charge is -2.37. The van der Waals surface area contributed by atoms with Crippen LogP contribution in [0.5, 0.6) is 23.0 Å². The highest BCUT2D eigenvalue weighted by atomic mass is 32.1. The van der Waals surface area contributed by atoms with Crippen molar-refractivity contribution in [3.63, 3.8) is 0 Å². The second-order valence-electron chi connectivity index (χ2n) is 8.77. The van der Waals surface area contributed by atoms with Gasteiger partial charge < -0.3 is 23.8 Å². The zero-order valence-electron chi connectivity index (χ0n) is 20.4. The number of anilines is 1. The first-order valence-corrected chi connectivity index (χ1v) is 12.1. The Morgan fingerprint density at radius 2 is 1.56 bits per heavy atom. The van der Waals surface area contributed by atoms with Crippen molar-refractivity contribution in [3.8, 4) is 34.1 Å². The maximum Gasteiger partial charge on any atom is 0.168 e. The average molecular weight is 478 g/mol. The molecule has 0 saturated heterocycles. The van der Waals surface area contributed by atoms with Crippen LogP contribution in [0.2, 0.25) is 0 Å². The highest BCUT2D eigenvalue weighted by molar-refractivity contribution is 7.80. The Kier molecular flexibility index (Phi) is 6.02. The van der Waals surface area contributed by atoms with Crippen molar-refractivity contribution in [1.29, 1.82) is 0 Å². The van der Waals surface area contributed by atoms with Gasteiger partial charge in [-0.15, -0.1) is 12.6 Å². The molecule has 0 fully saturated rings. The van der Waals surface area contributed by atoms with E-state index in [1.54, 1.807) is 28.4 Å². The van der Waals surface area contributed by atoms with E-state index in [2.05, 4.69) is 42.3 Å². The highest BCUT2D eigenvalue weighted by Gasteiger charge is 2.33. The molecule has 1 heterocycles. The number of ether oxygens (including phenoxy) is 4. The quantitative estimate of drug-likeness (QED) is 0.406. The van der Waals surface area contributed by atoms with E-state index >= 15 is 0 Å². The fourth-order valence-corrected chi connectivity index (χ4v) is 5.88. The minimum Gasteiger partial charge on any atom is -0.493 e. The molecule has 2 aliphatic rings. The van der Waals surface area contributed by atoms with Crippen molar-refractivity contribution in [1.82, 2.24) is 0 Å². The van der Waals surface area contributed by atoms with Crippen LogP contribution in [0.25, 0.3) is 27.5 Å². The van der Waals surface area contributed by atoms with Crippen LogP contribution in [0.1, 0.15) is 42.2 Å². The summed E-state index contributed by atoms with van der Waals surface area (Å²) in [6, 6.07) is 10.6. The number of hydrogen-bond acceptors (Lipinski definition) is 6. The van der Waals surface area contributed by atoms with E-state index in [-0.39, 0.29) is 5.37 Å². The van der Waals surface area contributed by atoms with Crippen molar-refractivity contribution >= 4 is 34.7 Å². The molecule has 5 nitrogen and oxygen atoms in total. The maximum absolute atomic E-state index is 5.91. The van der Waals surface area contributed by atoms with Crippen molar-refractivity contribution in [3.05, 3.63) is 47.5 Å². The molecule has 0 spiro atoms. The lowest BCUT2D eigenvalue weighted by atomic mass is 9.85. The van der Waals surface area contributed by atoms with Crippen LogP contribution in [0, 0.1) is 0 Å². The third kappa shape index (κ3) is 3.30. The molecule has 0 amide bonds. The molecule has 1 aliphatic heterocycles. The molecule has 178 valence electrons. The predicted octanol–water partition coefficient (Wildman–Crippen LogP) is 6.88. The Morgan fingerprint density at radius 1 is 0.824 bits per heavy atom. The first-order chi connectivity index (χ1) is 16.5. The number of fused-ring (bicyclic) bond motifs is 5. The number of thiol groups is 1. The smallest absolute Gasteiger partial charge is 0.168 e. The van der Waals surface area contributed by atoms with Crippen LogP contribution in [0.4, 0.5) is 5.69 Å². The van der Waals surface area contributed by atoms with Crippen LogP contribution in [0.3, 0.4) is 0 Å². The fraction of sp³-hybridized carbons (Fsp3) is 0.357. The number of nitrogens with zero attached hydrogens (tertiary/aromatic N) is 1. The second kappa shape index (κ2) is 8.99. The topological polar surface area (TPSA) is 40.2 Å². The molecule has 1 aliphatic carbocycles. The lowest BCUT2D eigenvalue weighted by Crippen LogP contribution is -2.25. The summed E-state index contributed by atoms with van der Waals surface area (Å²) in [5, 5.41) is 2.09. The maximum atomic E-state index is 5.91.